The fourth-order valence-electron chi connectivity index (χ4n) is 1.26. The molecule has 0 fully saturated rings. The van der Waals surface area contributed by atoms with Gasteiger partial charge in [-0.3, -0.25) is 9.78 Å². The Bertz CT molecular complexity index is 509. The molecule has 1 aromatic carbocycles. The van der Waals surface area contributed by atoms with E-state index in [2.05, 4.69) is 15.5 Å². The van der Waals surface area contributed by atoms with Crippen LogP contribution in [0.3, 0.4) is 0 Å². The zero-order valence-corrected chi connectivity index (χ0v) is 9.08. The molecule has 0 saturated carbocycles. The third-order valence-corrected chi connectivity index (χ3v) is 2.09. The van der Waals surface area contributed by atoms with Crippen molar-refractivity contribution in [3.63, 3.8) is 0 Å². The van der Waals surface area contributed by atoms with E-state index in [1.54, 1.807) is 36.5 Å². The average molecular weight is 225 g/mol. The molecule has 0 aliphatic rings. The monoisotopic (exact) mass is 225 g/mol. The number of pyridine rings is 1. The molecule has 2 rings (SSSR count). The minimum atomic E-state index is -0.238. The van der Waals surface area contributed by atoms with E-state index >= 15 is 0 Å². The summed E-state index contributed by atoms with van der Waals surface area (Å²) in [7, 11) is 0. The van der Waals surface area contributed by atoms with Crippen molar-refractivity contribution < 1.29 is 4.79 Å². The Morgan fingerprint density at radius 1 is 1.12 bits per heavy atom. The predicted octanol–water partition coefficient (Wildman–Crippen LogP) is 1.85. The van der Waals surface area contributed by atoms with E-state index in [0.29, 0.717) is 11.3 Å². The van der Waals surface area contributed by atoms with Crippen molar-refractivity contribution in [1.82, 2.24) is 10.4 Å². The molecule has 0 unspecified atom stereocenters. The van der Waals surface area contributed by atoms with Gasteiger partial charge in [-0.05, 0) is 24.3 Å². The number of nitrogens with one attached hydrogen (secondary N) is 1. The van der Waals surface area contributed by atoms with Gasteiger partial charge in [0.1, 0.15) is 0 Å². The molecule has 0 saturated heterocycles. The average Bonchev–Trinajstić information content (AvgIpc) is 2.41. The first-order valence-electron chi connectivity index (χ1n) is 5.16. The van der Waals surface area contributed by atoms with Crippen molar-refractivity contribution in [3.8, 4) is 0 Å². The van der Waals surface area contributed by atoms with E-state index < -0.39 is 0 Å². The summed E-state index contributed by atoms with van der Waals surface area (Å²) in [5.74, 6) is -0.238. The number of carbonyl (C=O) groups excluding carboxylic acids is 1. The minimum absolute atomic E-state index is 0.238. The predicted molar refractivity (Wildman–Crippen MR) is 65.7 cm³/mol. The molecule has 1 N–H and O–H groups in total. The number of hydrogen-bond donors (Lipinski definition) is 1. The van der Waals surface area contributed by atoms with Gasteiger partial charge in [0.05, 0.1) is 11.9 Å². The molecule has 2 aromatic rings. The van der Waals surface area contributed by atoms with Crippen LogP contribution in [0.15, 0.2) is 59.8 Å². The topological polar surface area (TPSA) is 54.4 Å². The molecule has 0 spiro atoms. The van der Waals surface area contributed by atoms with Crippen molar-refractivity contribution in [1.29, 1.82) is 0 Å². The Labute approximate surface area is 99.0 Å². The zero-order chi connectivity index (χ0) is 11.9. The lowest BCUT2D eigenvalue weighted by molar-refractivity contribution is 0.0955. The Kier molecular flexibility index (Phi) is 3.60. The van der Waals surface area contributed by atoms with Crippen LogP contribution >= 0.6 is 0 Å². The number of carbonyl (C=O) groups is 1. The third-order valence-electron chi connectivity index (χ3n) is 2.09. The maximum atomic E-state index is 11.6. The van der Waals surface area contributed by atoms with Crippen LogP contribution in [-0.4, -0.2) is 17.1 Å². The van der Waals surface area contributed by atoms with Crippen molar-refractivity contribution in [3.05, 3.63) is 66.0 Å². The number of hydrogen-bond acceptors (Lipinski definition) is 3. The number of aromatic nitrogens is 1. The van der Waals surface area contributed by atoms with Gasteiger partial charge in [0, 0.05) is 11.8 Å². The number of hydrazone groups is 1. The maximum absolute atomic E-state index is 11.6. The molecule has 17 heavy (non-hydrogen) atoms. The third kappa shape index (κ3) is 3.24. The maximum Gasteiger partial charge on any atom is 0.271 e. The lowest BCUT2D eigenvalue weighted by atomic mass is 10.2. The van der Waals surface area contributed by atoms with E-state index in [4.69, 9.17) is 0 Å². The lowest BCUT2D eigenvalue weighted by Gasteiger charge is -1.98. The molecule has 1 heterocycles. The van der Waals surface area contributed by atoms with Crippen molar-refractivity contribution in [2.24, 2.45) is 5.10 Å². The molecule has 1 aromatic heterocycles. The minimum Gasteiger partial charge on any atom is -0.267 e. The Morgan fingerprint density at radius 3 is 2.59 bits per heavy atom. The first-order valence-corrected chi connectivity index (χ1v) is 5.16. The molecule has 0 aliphatic heterocycles. The van der Waals surface area contributed by atoms with Crippen LogP contribution in [0.4, 0.5) is 0 Å². The fourth-order valence-corrected chi connectivity index (χ4v) is 1.26. The van der Waals surface area contributed by atoms with E-state index in [-0.39, 0.29) is 5.91 Å². The van der Waals surface area contributed by atoms with Crippen LogP contribution in [0.5, 0.6) is 0 Å². The Hall–Kier alpha value is -2.49. The summed E-state index contributed by atoms with van der Waals surface area (Å²) in [6.07, 6.45) is 3.17. The van der Waals surface area contributed by atoms with E-state index in [1.165, 1.54) is 6.21 Å². The van der Waals surface area contributed by atoms with Gasteiger partial charge in [-0.1, -0.05) is 24.3 Å². The summed E-state index contributed by atoms with van der Waals surface area (Å²) in [6.45, 7) is 0. The van der Waals surface area contributed by atoms with E-state index in [0.717, 1.165) is 0 Å². The highest BCUT2D eigenvalue weighted by Crippen LogP contribution is 1.97. The highest BCUT2D eigenvalue weighted by atomic mass is 16.2. The van der Waals surface area contributed by atoms with Gasteiger partial charge in [0.2, 0.25) is 0 Å². The van der Waals surface area contributed by atoms with Crippen LogP contribution in [-0.2, 0) is 0 Å². The molecule has 1 amide bonds. The first-order chi connectivity index (χ1) is 8.36. The van der Waals surface area contributed by atoms with Gasteiger partial charge in [0.15, 0.2) is 0 Å². The van der Waals surface area contributed by atoms with Gasteiger partial charge in [0.25, 0.3) is 5.91 Å². The van der Waals surface area contributed by atoms with Crippen LogP contribution in [0.1, 0.15) is 16.1 Å². The van der Waals surface area contributed by atoms with Gasteiger partial charge in [-0.15, -0.1) is 0 Å². The molecule has 4 nitrogen and oxygen atoms in total. The van der Waals surface area contributed by atoms with Gasteiger partial charge >= 0.3 is 0 Å². The largest absolute Gasteiger partial charge is 0.271 e. The number of amides is 1. The van der Waals surface area contributed by atoms with Gasteiger partial charge < -0.3 is 0 Å². The van der Waals surface area contributed by atoms with E-state index in [9.17, 15) is 4.79 Å². The highest BCUT2D eigenvalue weighted by molar-refractivity contribution is 5.94. The van der Waals surface area contributed by atoms with Crippen molar-refractivity contribution >= 4 is 12.1 Å². The summed E-state index contributed by atoms with van der Waals surface area (Å²) in [6, 6.07) is 14.4. The summed E-state index contributed by atoms with van der Waals surface area (Å²) in [5.41, 5.74) is 3.71. The molecule has 0 bridgehead atoms. The quantitative estimate of drug-likeness (QED) is 0.640. The number of benzene rings is 1. The number of nitrogens with zero attached hydrogens (tertiary/aromatic N) is 2. The molecular formula is C13H11N3O. The summed E-state index contributed by atoms with van der Waals surface area (Å²) < 4.78 is 0. The van der Waals surface area contributed by atoms with Crippen LogP contribution in [0, 0.1) is 0 Å². The molecule has 0 atom stereocenters. The van der Waals surface area contributed by atoms with Gasteiger partial charge in [-0.25, -0.2) is 5.43 Å². The van der Waals surface area contributed by atoms with Crippen molar-refractivity contribution in [2.75, 3.05) is 0 Å². The first kappa shape index (κ1) is 11.0. The Balaban J connectivity index is 1.95. The summed E-state index contributed by atoms with van der Waals surface area (Å²) in [4.78, 5) is 15.6. The summed E-state index contributed by atoms with van der Waals surface area (Å²) in [5, 5.41) is 3.83. The SMILES string of the molecule is O=C(NN=Cc1ccccn1)c1ccccc1. The number of rotatable bonds is 3. The second-order valence-corrected chi connectivity index (χ2v) is 3.32. The normalized spacial score (nSPS) is 10.4. The zero-order valence-electron chi connectivity index (χ0n) is 9.08. The smallest absolute Gasteiger partial charge is 0.267 e. The summed E-state index contributed by atoms with van der Waals surface area (Å²) >= 11 is 0. The molecular weight excluding hydrogens is 214 g/mol. The second-order valence-electron chi connectivity index (χ2n) is 3.32. The van der Waals surface area contributed by atoms with Crippen LogP contribution < -0.4 is 5.43 Å². The molecule has 0 aliphatic carbocycles. The Morgan fingerprint density at radius 2 is 1.88 bits per heavy atom. The standard InChI is InChI=1S/C13H11N3O/c17-13(11-6-2-1-3-7-11)16-15-10-12-8-4-5-9-14-12/h1-10H,(H,16,17). The molecule has 4 heteroatoms. The van der Waals surface area contributed by atoms with Crippen molar-refractivity contribution in [2.45, 2.75) is 0 Å². The van der Waals surface area contributed by atoms with Gasteiger partial charge in [-0.2, -0.15) is 5.10 Å². The fraction of sp³-hybridized carbons (Fsp3) is 0. The lowest BCUT2D eigenvalue weighted by Crippen LogP contribution is -2.17. The van der Waals surface area contributed by atoms with Crippen LogP contribution in [0.25, 0.3) is 0 Å². The highest BCUT2D eigenvalue weighted by Gasteiger charge is 2.01. The second kappa shape index (κ2) is 5.55. The molecule has 0 radical (unpaired) electrons. The molecule has 84 valence electrons. The van der Waals surface area contributed by atoms with E-state index in [1.807, 2.05) is 18.2 Å². The van der Waals surface area contributed by atoms with Crippen LogP contribution in [0.2, 0.25) is 0 Å².